The van der Waals surface area contributed by atoms with Gasteiger partial charge in [-0.3, -0.25) is 14.4 Å². The number of fused-ring (bicyclic) bond motifs is 2. The Morgan fingerprint density at radius 2 is 1.83 bits per heavy atom. The summed E-state index contributed by atoms with van der Waals surface area (Å²) in [6.45, 7) is 5.38. The molecular weight excluding hydrogens is 365 g/mol. The number of benzene rings is 1. The molecule has 1 amide bonds. The van der Waals surface area contributed by atoms with E-state index in [9.17, 15) is 18.8 Å². The fourth-order valence-electron chi connectivity index (χ4n) is 4.09. The van der Waals surface area contributed by atoms with Crippen LogP contribution in [-0.2, 0) is 14.4 Å². The molecule has 0 aliphatic heterocycles. The highest BCUT2D eigenvalue weighted by molar-refractivity contribution is 9.10. The van der Waals surface area contributed by atoms with E-state index in [1.165, 1.54) is 18.2 Å². The summed E-state index contributed by atoms with van der Waals surface area (Å²) < 4.78 is 13.6. The Hall–Kier alpha value is -1.56. The van der Waals surface area contributed by atoms with Crippen molar-refractivity contribution in [1.82, 2.24) is 0 Å². The van der Waals surface area contributed by atoms with Crippen LogP contribution in [0.5, 0.6) is 0 Å². The topological polar surface area (TPSA) is 63.2 Å². The highest BCUT2D eigenvalue weighted by atomic mass is 79.9. The van der Waals surface area contributed by atoms with Gasteiger partial charge in [0.2, 0.25) is 17.5 Å². The minimum Gasteiger partial charge on any atom is -0.324 e. The number of hydrogen-bond acceptors (Lipinski definition) is 3. The summed E-state index contributed by atoms with van der Waals surface area (Å²) in [5, 5.41) is 2.70. The van der Waals surface area contributed by atoms with Gasteiger partial charge < -0.3 is 5.32 Å². The second kappa shape index (κ2) is 4.72. The van der Waals surface area contributed by atoms with Crippen LogP contribution in [0, 0.1) is 22.1 Å². The van der Waals surface area contributed by atoms with Crippen LogP contribution in [0.2, 0.25) is 0 Å². The van der Waals surface area contributed by atoms with Crippen LogP contribution in [0.3, 0.4) is 0 Å². The van der Waals surface area contributed by atoms with Crippen LogP contribution in [0.1, 0.15) is 33.6 Å². The first-order chi connectivity index (χ1) is 10.6. The molecule has 2 saturated carbocycles. The average molecular weight is 382 g/mol. The van der Waals surface area contributed by atoms with Crippen molar-refractivity contribution in [2.24, 2.45) is 16.2 Å². The lowest BCUT2D eigenvalue weighted by atomic mass is 9.64. The molecule has 1 aromatic rings. The maximum Gasteiger partial charge on any atom is 0.239 e. The van der Waals surface area contributed by atoms with Crippen LogP contribution in [0.15, 0.2) is 22.7 Å². The minimum atomic E-state index is -1.35. The maximum atomic E-state index is 13.2. The van der Waals surface area contributed by atoms with Crippen LogP contribution in [-0.4, -0.2) is 17.5 Å². The van der Waals surface area contributed by atoms with Crippen molar-refractivity contribution in [1.29, 1.82) is 0 Å². The van der Waals surface area contributed by atoms with E-state index in [1.54, 1.807) is 6.92 Å². The van der Waals surface area contributed by atoms with Crippen molar-refractivity contribution >= 4 is 39.1 Å². The van der Waals surface area contributed by atoms with E-state index in [0.29, 0.717) is 23.0 Å². The lowest BCUT2D eigenvalue weighted by Crippen LogP contribution is -2.47. The number of carbonyl (C=O) groups excluding carboxylic acids is 3. The fraction of sp³-hybridized carbons (Fsp3) is 0.471. The zero-order valence-corrected chi connectivity index (χ0v) is 14.7. The van der Waals surface area contributed by atoms with Crippen molar-refractivity contribution in [3.8, 4) is 0 Å². The predicted octanol–water partition coefficient (Wildman–Crippen LogP) is 3.49. The first-order valence-electron chi connectivity index (χ1n) is 7.44. The Morgan fingerprint density at radius 3 is 2.35 bits per heavy atom. The third-order valence-corrected chi connectivity index (χ3v) is 6.76. The van der Waals surface area contributed by atoms with E-state index in [1.807, 2.05) is 13.8 Å². The van der Waals surface area contributed by atoms with Crippen LogP contribution in [0.25, 0.3) is 0 Å². The van der Waals surface area contributed by atoms with Crippen molar-refractivity contribution in [3.05, 3.63) is 28.5 Å². The number of carbonyl (C=O) groups is 3. The third kappa shape index (κ3) is 1.78. The summed E-state index contributed by atoms with van der Waals surface area (Å²) in [7, 11) is 0. The van der Waals surface area contributed by atoms with Crippen LogP contribution < -0.4 is 5.32 Å². The van der Waals surface area contributed by atoms with E-state index in [4.69, 9.17) is 0 Å². The van der Waals surface area contributed by atoms with Gasteiger partial charge in [0.1, 0.15) is 11.2 Å². The van der Waals surface area contributed by atoms with Gasteiger partial charge in [-0.05, 0) is 52.4 Å². The van der Waals surface area contributed by atoms with Crippen molar-refractivity contribution in [3.63, 3.8) is 0 Å². The Balaban J connectivity index is 2.02. The Bertz CT molecular complexity index is 760. The smallest absolute Gasteiger partial charge is 0.239 e. The summed E-state index contributed by atoms with van der Waals surface area (Å²) in [6.07, 6.45) is 0.869. The summed E-state index contributed by atoms with van der Waals surface area (Å²) in [6, 6.07) is 3.89. The van der Waals surface area contributed by atoms with E-state index in [0.717, 1.165) is 0 Å². The van der Waals surface area contributed by atoms with Gasteiger partial charge >= 0.3 is 0 Å². The molecule has 23 heavy (non-hydrogen) atoms. The average Bonchev–Trinajstić information content (AvgIpc) is 2.74. The minimum absolute atomic E-state index is 0.353. The van der Waals surface area contributed by atoms with Crippen LogP contribution in [0.4, 0.5) is 10.1 Å². The first-order valence-corrected chi connectivity index (χ1v) is 8.23. The molecule has 3 rings (SSSR count). The maximum absolute atomic E-state index is 13.2. The van der Waals surface area contributed by atoms with E-state index < -0.39 is 39.5 Å². The number of halogens is 2. The molecule has 2 atom stereocenters. The molecule has 0 radical (unpaired) electrons. The quantitative estimate of drug-likeness (QED) is 0.629. The van der Waals surface area contributed by atoms with Gasteiger partial charge in [0.05, 0.1) is 5.69 Å². The molecule has 0 saturated heterocycles. The number of nitrogens with one attached hydrogen (secondary N) is 1. The highest BCUT2D eigenvalue weighted by Crippen LogP contribution is 2.69. The van der Waals surface area contributed by atoms with Crippen LogP contribution >= 0.6 is 15.9 Å². The predicted molar refractivity (Wildman–Crippen MR) is 86.3 cm³/mol. The zero-order chi connectivity index (χ0) is 17.2. The number of ketones is 2. The van der Waals surface area contributed by atoms with E-state index in [2.05, 4.69) is 21.2 Å². The SMILES string of the molecule is CC12CCC(C(=O)Nc3ccc(F)cc3Br)(C(=O)C1=O)C2(C)C. The number of anilines is 1. The van der Waals surface area contributed by atoms with Gasteiger partial charge in [-0.1, -0.05) is 20.8 Å². The Kier molecular flexibility index (Phi) is 3.35. The van der Waals surface area contributed by atoms with Crippen molar-refractivity contribution in [2.75, 3.05) is 5.32 Å². The summed E-state index contributed by atoms with van der Waals surface area (Å²) in [5.41, 5.74) is -2.54. The van der Waals surface area contributed by atoms with Crippen molar-refractivity contribution in [2.45, 2.75) is 33.6 Å². The van der Waals surface area contributed by atoms with E-state index in [-0.39, 0.29) is 0 Å². The van der Waals surface area contributed by atoms with Gasteiger partial charge in [0, 0.05) is 9.89 Å². The molecule has 0 heterocycles. The first kappa shape index (κ1) is 16.3. The molecule has 2 aliphatic carbocycles. The number of rotatable bonds is 2. The highest BCUT2D eigenvalue weighted by Gasteiger charge is 2.77. The van der Waals surface area contributed by atoms with Gasteiger partial charge in [-0.25, -0.2) is 4.39 Å². The molecule has 1 N–H and O–H groups in total. The Morgan fingerprint density at radius 1 is 1.17 bits per heavy atom. The fourth-order valence-corrected chi connectivity index (χ4v) is 4.54. The van der Waals surface area contributed by atoms with E-state index >= 15 is 0 Å². The molecule has 6 heteroatoms. The molecule has 122 valence electrons. The second-order valence-electron chi connectivity index (χ2n) is 7.10. The van der Waals surface area contributed by atoms with Gasteiger partial charge in [0.15, 0.2) is 0 Å². The molecule has 0 aromatic heterocycles. The van der Waals surface area contributed by atoms with Gasteiger partial charge in [-0.15, -0.1) is 0 Å². The molecule has 2 fully saturated rings. The normalized spacial score (nSPS) is 31.5. The summed E-state index contributed by atoms with van der Waals surface area (Å²) >= 11 is 3.19. The second-order valence-corrected chi connectivity index (χ2v) is 7.95. The summed E-state index contributed by atoms with van der Waals surface area (Å²) in [4.78, 5) is 37.9. The van der Waals surface area contributed by atoms with Gasteiger partial charge in [-0.2, -0.15) is 0 Å². The lowest BCUT2D eigenvalue weighted by Gasteiger charge is -2.37. The molecule has 1 aromatic carbocycles. The van der Waals surface area contributed by atoms with Gasteiger partial charge in [0.25, 0.3) is 0 Å². The summed E-state index contributed by atoms with van der Waals surface area (Å²) in [5.74, 6) is -1.99. The monoisotopic (exact) mass is 381 g/mol. The Labute approximate surface area is 142 Å². The molecule has 0 spiro atoms. The van der Waals surface area contributed by atoms with Crippen molar-refractivity contribution < 1.29 is 18.8 Å². The molecule has 4 nitrogen and oxygen atoms in total. The zero-order valence-electron chi connectivity index (χ0n) is 13.1. The standard InChI is InChI=1S/C17H17BrFNO3/c1-15(2)16(3)6-7-17(15,13(22)12(16)21)14(23)20-11-5-4-9(19)8-10(11)18/h4-5,8H,6-7H2,1-3H3,(H,20,23). The molecule has 2 bridgehead atoms. The number of Topliss-reactive ketones (excluding diaryl/α,β-unsaturated/α-hetero) is 2. The largest absolute Gasteiger partial charge is 0.324 e. The number of amides is 1. The lowest BCUT2D eigenvalue weighted by molar-refractivity contribution is -0.147. The molecule has 2 aliphatic rings. The third-order valence-electron chi connectivity index (χ3n) is 6.11. The molecule has 2 unspecified atom stereocenters. The number of hydrogen-bond donors (Lipinski definition) is 1. The molecular formula is C17H17BrFNO3.